The van der Waals surface area contributed by atoms with E-state index < -0.39 is 0 Å². The highest BCUT2D eigenvalue weighted by atomic mass is 32.1. The molecule has 138 valence electrons. The monoisotopic (exact) mass is 372 g/mol. The van der Waals surface area contributed by atoms with Crippen molar-refractivity contribution in [1.82, 2.24) is 20.2 Å². The maximum absolute atomic E-state index is 12.6. The molecule has 0 fully saturated rings. The summed E-state index contributed by atoms with van der Waals surface area (Å²) >= 11 is 1.63. The number of amides is 2. The molecule has 3 rings (SSSR count). The lowest BCUT2D eigenvalue weighted by Gasteiger charge is -2.22. The van der Waals surface area contributed by atoms with Crippen LogP contribution >= 0.6 is 11.3 Å². The largest absolute Gasteiger partial charge is 0.383 e. The number of hydrogen-bond acceptors (Lipinski definition) is 4. The van der Waals surface area contributed by atoms with Crippen molar-refractivity contribution in [2.24, 2.45) is 0 Å². The molecule has 0 saturated carbocycles. The van der Waals surface area contributed by atoms with Gasteiger partial charge in [-0.3, -0.25) is 0 Å². The molecule has 1 aromatic carbocycles. The predicted octanol–water partition coefficient (Wildman–Crippen LogP) is 3.60. The second kappa shape index (κ2) is 8.33. The van der Waals surface area contributed by atoms with Crippen molar-refractivity contribution in [2.75, 3.05) is 20.3 Å². The van der Waals surface area contributed by atoms with Crippen LogP contribution in [0.1, 0.15) is 22.5 Å². The summed E-state index contributed by atoms with van der Waals surface area (Å²) in [4.78, 5) is 22.2. The summed E-state index contributed by atoms with van der Waals surface area (Å²) < 4.78 is 5.13. The maximum Gasteiger partial charge on any atom is 0.318 e. The van der Waals surface area contributed by atoms with Gasteiger partial charge in [-0.15, -0.1) is 0 Å². The minimum atomic E-state index is -0.124. The van der Waals surface area contributed by atoms with Crippen LogP contribution in [0.4, 0.5) is 4.79 Å². The Morgan fingerprint density at radius 3 is 2.88 bits per heavy atom. The summed E-state index contributed by atoms with van der Waals surface area (Å²) in [6, 6.07) is 6.06. The van der Waals surface area contributed by atoms with Gasteiger partial charge >= 0.3 is 6.03 Å². The van der Waals surface area contributed by atoms with E-state index in [0.717, 1.165) is 22.4 Å². The number of fused-ring (bicyclic) bond motifs is 1. The third-order valence-corrected chi connectivity index (χ3v) is 5.09. The van der Waals surface area contributed by atoms with Gasteiger partial charge in [0.1, 0.15) is 5.82 Å². The molecule has 0 saturated heterocycles. The number of hydrogen-bond donors (Lipinski definition) is 2. The highest BCUT2D eigenvalue weighted by Crippen LogP contribution is 2.17. The first-order chi connectivity index (χ1) is 12.6. The van der Waals surface area contributed by atoms with E-state index in [-0.39, 0.29) is 6.03 Å². The fourth-order valence-corrected chi connectivity index (χ4v) is 3.39. The highest BCUT2D eigenvalue weighted by Gasteiger charge is 2.15. The third-order valence-electron chi connectivity index (χ3n) is 4.36. The number of urea groups is 1. The SMILES string of the molecule is COCCN(Cc1ccsc1)C(=O)NCc1nc2cc(C)c(C)cc2[nH]1. The number of nitrogens with one attached hydrogen (secondary N) is 2. The smallest absolute Gasteiger partial charge is 0.318 e. The molecule has 2 N–H and O–H groups in total. The number of aromatic nitrogens is 2. The molecule has 0 aliphatic heterocycles. The number of carbonyl (C=O) groups is 1. The van der Waals surface area contributed by atoms with Crippen molar-refractivity contribution in [1.29, 1.82) is 0 Å². The Labute approximate surface area is 157 Å². The molecule has 3 aromatic rings. The van der Waals surface area contributed by atoms with E-state index in [0.29, 0.717) is 26.2 Å². The Morgan fingerprint density at radius 1 is 1.35 bits per heavy atom. The number of thiophene rings is 1. The molecule has 2 heterocycles. The van der Waals surface area contributed by atoms with Crippen LogP contribution in [-0.2, 0) is 17.8 Å². The van der Waals surface area contributed by atoms with E-state index in [2.05, 4.69) is 46.6 Å². The first kappa shape index (κ1) is 18.4. The lowest BCUT2D eigenvalue weighted by molar-refractivity contribution is 0.146. The Balaban J connectivity index is 1.65. The van der Waals surface area contributed by atoms with Crippen LogP contribution in [0.5, 0.6) is 0 Å². The minimum Gasteiger partial charge on any atom is -0.383 e. The van der Waals surface area contributed by atoms with Crippen LogP contribution in [0.3, 0.4) is 0 Å². The number of H-pyrrole nitrogens is 1. The van der Waals surface area contributed by atoms with Crippen LogP contribution in [0.25, 0.3) is 11.0 Å². The molecular formula is C19H24N4O2S. The van der Waals surface area contributed by atoms with Crippen molar-refractivity contribution in [2.45, 2.75) is 26.9 Å². The van der Waals surface area contributed by atoms with E-state index in [1.807, 2.05) is 11.4 Å². The molecule has 0 atom stereocenters. The Hall–Kier alpha value is -2.38. The van der Waals surface area contributed by atoms with Gasteiger partial charge in [-0.05, 0) is 59.5 Å². The molecule has 0 aliphatic rings. The number of ether oxygens (including phenoxy) is 1. The highest BCUT2D eigenvalue weighted by molar-refractivity contribution is 7.07. The Bertz CT molecular complexity index is 834. The first-order valence-electron chi connectivity index (χ1n) is 8.55. The van der Waals surface area contributed by atoms with Gasteiger partial charge in [0.2, 0.25) is 0 Å². The van der Waals surface area contributed by atoms with Crippen molar-refractivity contribution in [3.05, 3.63) is 51.5 Å². The topological polar surface area (TPSA) is 70.2 Å². The van der Waals surface area contributed by atoms with Crippen molar-refractivity contribution < 1.29 is 9.53 Å². The summed E-state index contributed by atoms with van der Waals surface area (Å²) in [5.74, 6) is 0.751. The number of aryl methyl sites for hydroxylation is 2. The van der Waals surface area contributed by atoms with Gasteiger partial charge in [-0.1, -0.05) is 0 Å². The van der Waals surface area contributed by atoms with Crippen molar-refractivity contribution >= 4 is 28.4 Å². The second-order valence-electron chi connectivity index (χ2n) is 6.34. The quantitative estimate of drug-likeness (QED) is 0.666. The van der Waals surface area contributed by atoms with E-state index in [1.54, 1.807) is 23.3 Å². The van der Waals surface area contributed by atoms with E-state index >= 15 is 0 Å². The molecule has 0 bridgehead atoms. The van der Waals surface area contributed by atoms with Crippen LogP contribution in [0.15, 0.2) is 29.0 Å². The minimum absolute atomic E-state index is 0.124. The zero-order valence-corrected chi connectivity index (χ0v) is 16.2. The molecule has 0 radical (unpaired) electrons. The summed E-state index contributed by atoms with van der Waals surface area (Å²) in [6.07, 6.45) is 0. The molecule has 0 spiro atoms. The summed E-state index contributed by atoms with van der Waals surface area (Å²) in [5, 5.41) is 7.02. The molecule has 2 amide bonds. The lowest BCUT2D eigenvalue weighted by atomic mass is 10.1. The Morgan fingerprint density at radius 2 is 2.15 bits per heavy atom. The van der Waals surface area contributed by atoms with E-state index in [9.17, 15) is 4.79 Å². The summed E-state index contributed by atoms with van der Waals surface area (Å²) in [5.41, 5.74) is 5.47. The summed E-state index contributed by atoms with van der Waals surface area (Å²) in [6.45, 7) is 6.12. The zero-order chi connectivity index (χ0) is 18.5. The first-order valence-corrected chi connectivity index (χ1v) is 9.49. The normalized spacial score (nSPS) is 11.0. The number of carbonyl (C=O) groups excluding carboxylic acids is 1. The van der Waals surface area contributed by atoms with Gasteiger partial charge in [0.15, 0.2) is 0 Å². The molecule has 26 heavy (non-hydrogen) atoms. The fourth-order valence-electron chi connectivity index (χ4n) is 2.73. The standard InChI is InChI=1S/C19H24N4O2S/c1-13-8-16-17(9-14(13)2)22-18(21-16)10-20-19(24)23(5-6-25-3)11-15-4-7-26-12-15/h4,7-9,12H,5-6,10-11H2,1-3H3,(H,20,24)(H,21,22). The number of benzene rings is 1. The van der Waals surface area contributed by atoms with Crippen LogP contribution in [0, 0.1) is 13.8 Å². The molecule has 2 aromatic heterocycles. The number of methoxy groups -OCH3 is 1. The number of aromatic amines is 1. The third kappa shape index (κ3) is 4.42. The van der Waals surface area contributed by atoms with Gasteiger partial charge in [-0.2, -0.15) is 11.3 Å². The van der Waals surface area contributed by atoms with E-state index in [4.69, 9.17) is 4.74 Å². The molecule has 0 unspecified atom stereocenters. The number of imidazole rings is 1. The predicted molar refractivity (Wildman–Crippen MR) is 104 cm³/mol. The van der Waals surface area contributed by atoms with Gasteiger partial charge in [0.05, 0.1) is 24.2 Å². The van der Waals surface area contributed by atoms with Crippen molar-refractivity contribution in [3.63, 3.8) is 0 Å². The number of nitrogens with zero attached hydrogens (tertiary/aromatic N) is 2. The Kier molecular flexibility index (Phi) is 5.90. The summed E-state index contributed by atoms with van der Waals surface area (Å²) in [7, 11) is 1.64. The van der Waals surface area contributed by atoms with Gasteiger partial charge in [-0.25, -0.2) is 9.78 Å². The number of rotatable bonds is 7. The average Bonchev–Trinajstić information content (AvgIpc) is 3.26. The second-order valence-corrected chi connectivity index (χ2v) is 7.12. The van der Waals surface area contributed by atoms with Crippen molar-refractivity contribution in [3.8, 4) is 0 Å². The molecule has 6 nitrogen and oxygen atoms in total. The average molecular weight is 372 g/mol. The van der Waals surface area contributed by atoms with Gasteiger partial charge in [0, 0.05) is 20.2 Å². The molecular weight excluding hydrogens is 348 g/mol. The molecule has 7 heteroatoms. The lowest BCUT2D eigenvalue weighted by Crippen LogP contribution is -2.41. The van der Waals surface area contributed by atoms with Crippen LogP contribution in [0.2, 0.25) is 0 Å². The van der Waals surface area contributed by atoms with Crippen LogP contribution < -0.4 is 5.32 Å². The van der Waals surface area contributed by atoms with Crippen LogP contribution in [-0.4, -0.2) is 41.2 Å². The molecule has 0 aliphatic carbocycles. The fraction of sp³-hybridized carbons (Fsp3) is 0.368. The zero-order valence-electron chi connectivity index (χ0n) is 15.3. The van der Waals surface area contributed by atoms with Gasteiger partial charge in [0.25, 0.3) is 0 Å². The van der Waals surface area contributed by atoms with Gasteiger partial charge < -0.3 is 19.9 Å². The van der Waals surface area contributed by atoms with E-state index in [1.165, 1.54) is 11.1 Å². The maximum atomic E-state index is 12.6.